The molecule has 0 unspecified atom stereocenters. The maximum absolute atomic E-state index is 11.9. The molecule has 0 radical (unpaired) electrons. The number of hydrogen-bond donors (Lipinski definition) is 2. The van der Waals surface area contributed by atoms with Crippen LogP contribution in [0.3, 0.4) is 0 Å². The SMILES string of the molecule is O=C(N[C@H]1CCNC1)c1ccc(Cl)cc1Cl. The van der Waals surface area contributed by atoms with E-state index in [9.17, 15) is 4.79 Å². The maximum atomic E-state index is 11.9. The zero-order chi connectivity index (χ0) is 11.5. The Morgan fingerprint density at radius 1 is 1.44 bits per heavy atom. The van der Waals surface area contributed by atoms with E-state index in [4.69, 9.17) is 23.2 Å². The van der Waals surface area contributed by atoms with Crippen molar-refractivity contribution in [2.45, 2.75) is 12.5 Å². The number of amides is 1. The van der Waals surface area contributed by atoms with Crippen LogP contribution in [0, 0.1) is 0 Å². The Bertz CT molecular complexity index is 403. The van der Waals surface area contributed by atoms with E-state index >= 15 is 0 Å². The first kappa shape index (κ1) is 11.7. The topological polar surface area (TPSA) is 41.1 Å². The molecule has 5 heteroatoms. The van der Waals surface area contributed by atoms with E-state index < -0.39 is 0 Å². The van der Waals surface area contributed by atoms with Crippen LogP contribution in [0.5, 0.6) is 0 Å². The monoisotopic (exact) mass is 258 g/mol. The zero-order valence-electron chi connectivity index (χ0n) is 8.59. The van der Waals surface area contributed by atoms with Crippen molar-refractivity contribution >= 4 is 29.1 Å². The normalized spacial score (nSPS) is 19.8. The minimum Gasteiger partial charge on any atom is -0.348 e. The van der Waals surface area contributed by atoms with Gasteiger partial charge in [-0.2, -0.15) is 0 Å². The number of halogens is 2. The highest BCUT2D eigenvalue weighted by Crippen LogP contribution is 2.21. The lowest BCUT2D eigenvalue weighted by Crippen LogP contribution is -2.36. The van der Waals surface area contributed by atoms with Crippen molar-refractivity contribution in [1.82, 2.24) is 10.6 Å². The van der Waals surface area contributed by atoms with Crippen molar-refractivity contribution in [3.63, 3.8) is 0 Å². The number of benzene rings is 1. The second-order valence-corrected chi connectivity index (χ2v) is 4.63. The average molecular weight is 259 g/mol. The van der Waals surface area contributed by atoms with E-state index in [-0.39, 0.29) is 11.9 Å². The van der Waals surface area contributed by atoms with Gasteiger partial charge in [0.15, 0.2) is 0 Å². The lowest BCUT2D eigenvalue weighted by atomic mass is 10.2. The van der Waals surface area contributed by atoms with Crippen LogP contribution >= 0.6 is 23.2 Å². The van der Waals surface area contributed by atoms with Gasteiger partial charge in [0, 0.05) is 17.6 Å². The van der Waals surface area contributed by atoms with Crippen molar-refractivity contribution in [3.8, 4) is 0 Å². The van der Waals surface area contributed by atoms with Crippen LogP contribution in [-0.2, 0) is 0 Å². The van der Waals surface area contributed by atoms with E-state index in [1.165, 1.54) is 0 Å². The highest BCUT2D eigenvalue weighted by Gasteiger charge is 2.18. The Hall–Kier alpha value is -0.770. The van der Waals surface area contributed by atoms with Crippen molar-refractivity contribution < 1.29 is 4.79 Å². The number of nitrogens with one attached hydrogen (secondary N) is 2. The molecule has 0 bridgehead atoms. The fourth-order valence-electron chi connectivity index (χ4n) is 1.71. The summed E-state index contributed by atoms with van der Waals surface area (Å²) in [5, 5.41) is 7.03. The molecule has 1 atom stereocenters. The van der Waals surface area contributed by atoms with Gasteiger partial charge in [-0.1, -0.05) is 23.2 Å². The second kappa shape index (κ2) is 5.04. The van der Waals surface area contributed by atoms with E-state index in [1.807, 2.05) is 0 Å². The summed E-state index contributed by atoms with van der Waals surface area (Å²) in [6.45, 7) is 1.76. The first-order chi connectivity index (χ1) is 7.66. The molecule has 2 N–H and O–H groups in total. The molecule has 86 valence electrons. The standard InChI is InChI=1S/C11H12Cl2N2O/c12-7-1-2-9(10(13)5-7)11(16)15-8-3-4-14-6-8/h1-2,5,8,14H,3-4,6H2,(H,15,16)/t8-/m0/s1. The van der Waals surface area contributed by atoms with Gasteiger partial charge in [-0.25, -0.2) is 0 Å². The van der Waals surface area contributed by atoms with Crippen molar-refractivity contribution in [2.75, 3.05) is 13.1 Å². The highest BCUT2D eigenvalue weighted by molar-refractivity contribution is 6.36. The van der Waals surface area contributed by atoms with Crippen LogP contribution in [0.25, 0.3) is 0 Å². The van der Waals surface area contributed by atoms with E-state index in [0.29, 0.717) is 15.6 Å². The number of carbonyl (C=O) groups excluding carboxylic acids is 1. The predicted molar refractivity (Wildman–Crippen MR) is 65.2 cm³/mol. The minimum absolute atomic E-state index is 0.143. The molecule has 1 aliphatic heterocycles. The first-order valence-corrected chi connectivity index (χ1v) is 5.89. The van der Waals surface area contributed by atoms with Gasteiger partial charge in [-0.3, -0.25) is 4.79 Å². The van der Waals surface area contributed by atoms with Gasteiger partial charge in [0.05, 0.1) is 10.6 Å². The molecular weight excluding hydrogens is 247 g/mol. The van der Waals surface area contributed by atoms with E-state index in [2.05, 4.69) is 10.6 Å². The van der Waals surface area contributed by atoms with Crippen LogP contribution in [0.4, 0.5) is 0 Å². The average Bonchev–Trinajstić information content (AvgIpc) is 2.70. The van der Waals surface area contributed by atoms with Crippen LogP contribution in [0.1, 0.15) is 16.8 Å². The zero-order valence-corrected chi connectivity index (χ0v) is 10.1. The van der Waals surface area contributed by atoms with Crippen LogP contribution in [0.2, 0.25) is 10.0 Å². The smallest absolute Gasteiger partial charge is 0.253 e. The summed E-state index contributed by atoms with van der Waals surface area (Å²) in [5.41, 5.74) is 0.470. The third-order valence-corrected chi connectivity index (χ3v) is 3.12. The molecule has 1 aromatic rings. The van der Waals surface area contributed by atoms with Crippen LogP contribution in [0.15, 0.2) is 18.2 Å². The van der Waals surface area contributed by atoms with Gasteiger partial charge in [0.1, 0.15) is 0 Å². The summed E-state index contributed by atoms with van der Waals surface area (Å²) in [4.78, 5) is 11.9. The van der Waals surface area contributed by atoms with Crippen molar-refractivity contribution in [3.05, 3.63) is 33.8 Å². The molecule has 3 nitrogen and oxygen atoms in total. The largest absolute Gasteiger partial charge is 0.348 e. The molecule has 16 heavy (non-hydrogen) atoms. The quantitative estimate of drug-likeness (QED) is 0.853. The fourth-order valence-corrected chi connectivity index (χ4v) is 2.21. The van der Waals surface area contributed by atoms with Gasteiger partial charge >= 0.3 is 0 Å². The molecular formula is C11H12Cl2N2O. The lowest BCUT2D eigenvalue weighted by Gasteiger charge is -2.12. The maximum Gasteiger partial charge on any atom is 0.253 e. The molecule has 0 saturated carbocycles. The highest BCUT2D eigenvalue weighted by atomic mass is 35.5. The number of carbonyl (C=O) groups is 1. The Morgan fingerprint density at radius 2 is 2.25 bits per heavy atom. The van der Waals surface area contributed by atoms with Crippen molar-refractivity contribution in [1.29, 1.82) is 0 Å². The predicted octanol–water partition coefficient (Wildman–Crippen LogP) is 2.09. The Morgan fingerprint density at radius 3 is 2.88 bits per heavy atom. The van der Waals surface area contributed by atoms with Gasteiger partial charge in [0.2, 0.25) is 0 Å². The second-order valence-electron chi connectivity index (χ2n) is 3.79. The van der Waals surface area contributed by atoms with Gasteiger partial charge < -0.3 is 10.6 Å². The number of hydrogen-bond acceptors (Lipinski definition) is 2. The van der Waals surface area contributed by atoms with Gasteiger partial charge in [0.25, 0.3) is 5.91 Å². The van der Waals surface area contributed by atoms with Crippen LogP contribution < -0.4 is 10.6 Å². The Kier molecular flexibility index (Phi) is 3.69. The molecule has 0 spiro atoms. The molecule has 0 aromatic heterocycles. The molecule has 1 heterocycles. The minimum atomic E-state index is -0.143. The number of rotatable bonds is 2. The third kappa shape index (κ3) is 2.67. The molecule has 2 rings (SSSR count). The van der Waals surface area contributed by atoms with E-state index in [1.54, 1.807) is 18.2 Å². The molecule has 1 fully saturated rings. The van der Waals surface area contributed by atoms with Crippen LogP contribution in [-0.4, -0.2) is 25.0 Å². The third-order valence-electron chi connectivity index (χ3n) is 2.57. The first-order valence-electron chi connectivity index (χ1n) is 5.13. The molecule has 0 aliphatic carbocycles. The molecule has 1 saturated heterocycles. The summed E-state index contributed by atoms with van der Waals surface area (Å²) in [5.74, 6) is -0.143. The Labute approximate surface area is 104 Å². The summed E-state index contributed by atoms with van der Waals surface area (Å²) in [7, 11) is 0. The molecule has 1 amide bonds. The summed E-state index contributed by atoms with van der Waals surface area (Å²) >= 11 is 11.7. The molecule has 1 aliphatic rings. The summed E-state index contributed by atoms with van der Waals surface area (Å²) in [6, 6.07) is 5.07. The molecule has 1 aromatic carbocycles. The summed E-state index contributed by atoms with van der Waals surface area (Å²) < 4.78 is 0. The van der Waals surface area contributed by atoms with Gasteiger partial charge in [-0.05, 0) is 31.2 Å². The van der Waals surface area contributed by atoms with Gasteiger partial charge in [-0.15, -0.1) is 0 Å². The summed E-state index contributed by atoms with van der Waals surface area (Å²) in [6.07, 6.45) is 0.955. The Balaban J connectivity index is 2.08. The van der Waals surface area contributed by atoms with Crippen molar-refractivity contribution in [2.24, 2.45) is 0 Å². The lowest BCUT2D eigenvalue weighted by molar-refractivity contribution is 0.0940. The van der Waals surface area contributed by atoms with E-state index in [0.717, 1.165) is 19.5 Å². The fraction of sp³-hybridized carbons (Fsp3) is 0.364.